The van der Waals surface area contributed by atoms with Gasteiger partial charge in [-0.2, -0.15) is 0 Å². The second kappa shape index (κ2) is 9.03. The molecular weight excluding hydrogens is 418 g/mol. The topological polar surface area (TPSA) is 42.2 Å². The van der Waals surface area contributed by atoms with Crippen molar-refractivity contribution in [2.24, 2.45) is 0 Å². The van der Waals surface area contributed by atoms with Crippen LogP contribution >= 0.6 is 0 Å². The molecule has 34 heavy (non-hydrogen) atoms. The number of nitrogens with one attached hydrogen (secondary N) is 1. The van der Waals surface area contributed by atoms with Gasteiger partial charge in [0.2, 0.25) is 0 Å². The minimum absolute atomic E-state index is 0.0157. The molecule has 1 aromatic heterocycles. The predicted octanol–water partition coefficient (Wildman–Crippen LogP) is 7.92. The molecule has 1 atom stereocenters. The fourth-order valence-corrected chi connectivity index (χ4v) is 4.54. The van der Waals surface area contributed by atoms with Crippen LogP contribution in [-0.4, -0.2) is 0 Å². The lowest BCUT2D eigenvalue weighted by molar-refractivity contribution is 0.605. The number of fused-ring (bicyclic) bond motifs is 1. The number of hydrogen-bond donors (Lipinski definition) is 1. The zero-order valence-corrected chi connectivity index (χ0v) is 19.6. The summed E-state index contributed by atoms with van der Waals surface area (Å²) < 4.78 is 6.48. The first-order valence-electron chi connectivity index (χ1n) is 11.6. The van der Waals surface area contributed by atoms with Gasteiger partial charge in [0.1, 0.15) is 11.3 Å². The molecular formula is C31H27NO2. The maximum Gasteiger partial charge on any atom is 0.196 e. The number of hydrogen-bond acceptors (Lipinski definition) is 3. The molecule has 0 saturated heterocycles. The molecule has 4 aromatic carbocycles. The quantitative estimate of drug-likeness (QED) is 0.299. The van der Waals surface area contributed by atoms with E-state index in [1.807, 2.05) is 80.6 Å². The molecule has 0 unspecified atom stereocenters. The molecule has 0 radical (unpaired) electrons. The zero-order chi connectivity index (χ0) is 23.7. The van der Waals surface area contributed by atoms with Crippen LogP contribution in [0.25, 0.3) is 33.4 Å². The maximum atomic E-state index is 13.4. The summed E-state index contributed by atoms with van der Waals surface area (Å²) in [6.07, 6.45) is 0. The fourth-order valence-electron chi connectivity index (χ4n) is 4.54. The minimum atomic E-state index is -0.0817. The van der Waals surface area contributed by atoms with Gasteiger partial charge in [-0.1, -0.05) is 84.9 Å². The van der Waals surface area contributed by atoms with Gasteiger partial charge >= 0.3 is 0 Å². The Morgan fingerprint density at radius 3 is 2.09 bits per heavy atom. The summed E-state index contributed by atoms with van der Waals surface area (Å²) in [5, 5.41) is 4.30. The van der Waals surface area contributed by atoms with Gasteiger partial charge in [-0.05, 0) is 44.0 Å². The van der Waals surface area contributed by atoms with Crippen LogP contribution in [0.15, 0.2) is 106 Å². The standard InChI is InChI=1S/C31H27NO2/c1-20-18-26(22(3)32-28-17-11-10-16-25(28)23-12-6-4-7-13-23)31-27(19-20)29(33)21(2)30(34-31)24-14-8-5-9-15-24/h4-19,22,32H,1-3H3/t22-/m1/s1. The normalized spacial score (nSPS) is 12.0. The Morgan fingerprint density at radius 1 is 0.765 bits per heavy atom. The first-order chi connectivity index (χ1) is 16.5. The van der Waals surface area contributed by atoms with Gasteiger partial charge in [0.15, 0.2) is 5.43 Å². The summed E-state index contributed by atoms with van der Waals surface area (Å²) in [4.78, 5) is 13.4. The first kappa shape index (κ1) is 21.7. The van der Waals surface area contributed by atoms with E-state index in [0.29, 0.717) is 22.3 Å². The lowest BCUT2D eigenvalue weighted by atomic mass is 9.98. The summed E-state index contributed by atoms with van der Waals surface area (Å²) in [6, 6.07) is 32.4. The highest BCUT2D eigenvalue weighted by atomic mass is 16.3. The van der Waals surface area contributed by atoms with E-state index < -0.39 is 0 Å². The highest BCUT2D eigenvalue weighted by Gasteiger charge is 2.19. The summed E-state index contributed by atoms with van der Waals surface area (Å²) in [5.41, 5.74) is 7.51. The Bertz CT molecular complexity index is 1520. The molecule has 0 aliphatic rings. The highest BCUT2D eigenvalue weighted by Crippen LogP contribution is 2.34. The Balaban J connectivity index is 1.64. The Labute approximate surface area is 199 Å². The number of para-hydroxylation sites is 1. The lowest BCUT2D eigenvalue weighted by Crippen LogP contribution is -2.12. The van der Waals surface area contributed by atoms with Crippen LogP contribution in [0, 0.1) is 13.8 Å². The largest absolute Gasteiger partial charge is 0.455 e. The fraction of sp³-hybridized carbons (Fsp3) is 0.129. The van der Waals surface area contributed by atoms with Gasteiger partial charge in [-0.3, -0.25) is 4.79 Å². The summed E-state index contributed by atoms with van der Waals surface area (Å²) in [6.45, 7) is 5.97. The number of aryl methyl sites for hydroxylation is 1. The zero-order valence-electron chi connectivity index (χ0n) is 19.6. The molecule has 3 heteroatoms. The van der Waals surface area contributed by atoms with Gasteiger partial charge in [-0.15, -0.1) is 0 Å². The van der Waals surface area contributed by atoms with E-state index in [0.717, 1.165) is 33.5 Å². The monoisotopic (exact) mass is 445 g/mol. The molecule has 5 rings (SSSR count). The molecule has 0 fully saturated rings. The predicted molar refractivity (Wildman–Crippen MR) is 141 cm³/mol. The Morgan fingerprint density at radius 2 is 1.38 bits per heavy atom. The molecule has 0 bridgehead atoms. The highest BCUT2D eigenvalue weighted by molar-refractivity contribution is 5.85. The molecule has 1 heterocycles. The van der Waals surface area contributed by atoms with E-state index in [1.54, 1.807) is 0 Å². The second-order valence-electron chi connectivity index (χ2n) is 8.76. The Hall–Kier alpha value is -4.11. The van der Waals surface area contributed by atoms with E-state index in [9.17, 15) is 4.79 Å². The van der Waals surface area contributed by atoms with Crippen molar-refractivity contribution in [3.8, 4) is 22.5 Å². The van der Waals surface area contributed by atoms with Crippen LogP contribution in [0.2, 0.25) is 0 Å². The third-order valence-electron chi connectivity index (χ3n) is 6.28. The van der Waals surface area contributed by atoms with E-state index >= 15 is 0 Å². The molecule has 3 nitrogen and oxygen atoms in total. The van der Waals surface area contributed by atoms with E-state index in [2.05, 4.69) is 42.6 Å². The molecule has 5 aromatic rings. The van der Waals surface area contributed by atoms with Crippen molar-refractivity contribution in [2.45, 2.75) is 26.8 Å². The molecule has 0 saturated carbocycles. The maximum absolute atomic E-state index is 13.4. The van der Waals surface area contributed by atoms with Gasteiger partial charge in [0.05, 0.1) is 11.4 Å². The first-order valence-corrected chi connectivity index (χ1v) is 11.6. The summed E-state index contributed by atoms with van der Waals surface area (Å²) >= 11 is 0. The SMILES string of the molecule is Cc1cc([C@@H](C)Nc2ccccc2-c2ccccc2)c2oc(-c3ccccc3)c(C)c(=O)c2c1. The second-order valence-corrected chi connectivity index (χ2v) is 8.76. The molecule has 0 aliphatic heterocycles. The van der Waals surface area contributed by atoms with Crippen LogP contribution in [0.4, 0.5) is 5.69 Å². The van der Waals surface area contributed by atoms with Crippen molar-refractivity contribution >= 4 is 16.7 Å². The number of anilines is 1. The third kappa shape index (κ3) is 4.01. The van der Waals surface area contributed by atoms with E-state index in [1.165, 1.54) is 0 Å². The van der Waals surface area contributed by atoms with Crippen LogP contribution in [0.5, 0.6) is 0 Å². The summed E-state index contributed by atoms with van der Waals surface area (Å²) in [5.74, 6) is 0.625. The number of benzene rings is 4. The van der Waals surface area contributed by atoms with Crippen molar-refractivity contribution in [3.63, 3.8) is 0 Å². The van der Waals surface area contributed by atoms with E-state index in [-0.39, 0.29) is 11.5 Å². The van der Waals surface area contributed by atoms with Crippen molar-refractivity contribution in [1.29, 1.82) is 0 Å². The van der Waals surface area contributed by atoms with Crippen LogP contribution < -0.4 is 10.7 Å². The minimum Gasteiger partial charge on any atom is -0.455 e. The molecule has 168 valence electrons. The van der Waals surface area contributed by atoms with Crippen LogP contribution in [0.3, 0.4) is 0 Å². The lowest BCUT2D eigenvalue weighted by Gasteiger charge is -2.21. The average molecular weight is 446 g/mol. The molecule has 0 spiro atoms. The van der Waals surface area contributed by atoms with Crippen molar-refractivity contribution in [1.82, 2.24) is 0 Å². The van der Waals surface area contributed by atoms with E-state index in [4.69, 9.17) is 4.42 Å². The van der Waals surface area contributed by atoms with Gasteiger partial charge in [0.25, 0.3) is 0 Å². The van der Waals surface area contributed by atoms with Crippen molar-refractivity contribution in [2.75, 3.05) is 5.32 Å². The van der Waals surface area contributed by atoms with Gasteiger partial charge in [-0.25, -0.2) is 0 Å². The third-order valence-corrected chi connectivity index (χ3v) is 6.28. The number of rotatable bonds is 5. The Kier molecular flexibility index (Phi) is 5.77. The molecule has 1 N–H and O–H groups in total. The summed E-state index contributed by atoms with van der Waals surface area (Å²) in [7, 11) is 0. The smallest absolute Gasteiger partial charge is 0.196 e. The molecule has 0 amide bonds. The van der Waals surface area contributed by atoms with Crippen molar-refractivity contribution < 1.29 is 4.42 Å². The van der Waals surface area contributed by atoms with Gasteiger partial charge in [0, 0.05) is 27.9 Å². The van der Waals surface area contributed by atoms with Crippen LogP contribution in [0.1, 0.15) is 29.7 Å². The molecule has 0 aliphatic carbocycles. The van der Waals surface area contributed by atoms with Crippen molar-refractivity contribution in [3.05, 3.63) is 124 Å². The van der Waals surface area contributed by atoms with Crippen LogP contribution in [-0.2, 0) is 0 Å². The average Bonchev–Trinajstić information content (AvgIpc) is 2.87. The van der Waals surface area contributed by atoms with Gasteiger partial charge < -0.3 is 9.73 Å².